The summed E-state index contributed by atoms with van der Waals surface area (Å²) < 4.78 is 0. The van der Waals surface area contributed by atoms with E-state index >= 15 is 0 Å². The van der Waals surface area contributed by atoms with Gasteiger partial charge in [0.25, 0.3) is 11.8 Å². The monoisotopic (exact) mass is 452 g/mol. The van der Waals surface area contributed by atoms with E-state index in [0.717, 1.165) is 0 Å². The Morgan fingerprint density at radius 1 is 0.903 bits per heavy atom. The molecule has 1 aliphatic rings. The minimum atomic E-state index is -0.210. The molecular weight excluding hydrogens is 432 g/mol. The summed E-state index contributed by atoms with van der Waals surface area (Å²) >= 11 is 7.41. The number of nitrogens with zero attached hydrogens (tertiary/aromatic N) is 1. The number of halogens is 1. The summed E-state index contributed by atoms with van der Waals surface area (Å²) in [5, 5.41) is 7.29. The summed E-state index contributed by atoms with van der Waals surface area (Å²) in [6.07, 6.45) is 1.35. The van der Waals surface area contributed by atoms with Crippen LogP contribution in [0.2, 0.25) is 5.02 Å². The topological polar surface area (TPSA) is 66.5 Å². The largest absolute Gasteiger partial charge is 0.349 e. The van der Waals surface area contributed by atoms with Gasteiger partial charge in [0, 0.05) is 46.2 Å². The van der Waals surface area contributed by atoms with E-state index < -0.39 is 0 Å². The summed E-state index contributed by atoms with van der Waals surface area (Å²) in [6, 6.07) is 15.4. The van der Waals surface area contributed by atoms with E-state index in [9.17, 15) is 14.4 Å². The average molecular weight is 453 g/mol. The van der Waals surface area contributed by atoms with Gasteiger partial charge in [0.15, 0.2) is 5.78 Å². The van der Waals surface area contributed by atoms with Crippen LogP contribution in [0.5, 0.6) is 0 Å². The van der Waals surface area contributed by atoms with Crippen LogP contribution in [0.3, 0.4) is 0 Å². The lowest BCUT2D eigenvalue weighted by Gasteiger charge is -2.32. The highest BCUT2D eigenvalue weighted by Crippen LogP contribution is 2.21. The third-order valence-corrected chi connectivity index (χ3v) is 6.34. The Balaban J connectivity index is 1.43. The molecule has 0 bridgehead atoms. The molecule has 1 N–H and O–H groups in total. The number of ketones is 1. The summed E-state index contributed by atoms with van der Waals surface area (Å²) in [4.78, 5) is 40.2. The van der Waals surface area contributed by atoms with Gasteiger partial charge in [0.05, 0.1) is 5.56 Å². The molecule has 7 heteroatoms. The van der Waals surface area contributed by atoms with Gasteiger partial charge >= 0.3 is 0 Å². The Labute approximate surface area is 189 Å². The van der Waals surface area contributed by atoms with Crippen molar-refractivity contribution < 1.29 is 14.4 Å². The highest BCUT2D eigenvalue weighted by molar-refractivity contribution is 7.08. The number of hydrogen-bond donors (Lipinski definition) is 1. The van der Waals surface area contributed by atoms with Crippen LogP contribution in [0, 0.1) is 0 Å². The molecule has 1 aromatic heterocycles. The van der Waals surface area contributed by atoms with Gasteiger partial charge in [-0.3, -0.25) is 14.4 Å². The van der Waals surface area contributed by atoms with Gasteiger partial charge in [0.1, 0.15) is 0 Å². The number of carbonyl (C=O) groups is 3. The first kappa shape index (κ1) is 21.3. The highest BCUT2D eigenvalue weighted by atomic mass is 35.5. The molecule has 3 aromatic rings. The van der Waals surface area contributed by atoms with Crippen LogP contribution in [0.25, 0.3) is 0 Å². The average Bonchev–Trinajstić information content (AvgIpc) is 3.34. The molecule has 1 saturated heterocycles. The normalized spacial score (nSPS) is 14.3. The van der Waals surface area contributed by atoms with Gasteiger partial charge in [-0.15, -0.1) is 0 Å². The number of benzene rings is 2. The molecule has 0 spiro atoms. The lowest BCUT2D eigenvalue weighted by Crippen LogP contribution is -2.46. The molecule has 1 fully saturated rings. The molecular formula is C24H21ClN2O3S. The van der Waals surface area contributed by atoms with Crippen LogP contribution < -0.4 is 5.32 Å². The maximum atomic E-state index is 13.2. The van der Waals surface area contributed by atoms with Crippen LogP contribution in [-0.4, -0.2) is 41.6 Å². The quantitative estimate of drug-likeness (QED) is 0.572. The van der Waals surface area contributed by atoms with Gasteiger partial charge in [-0.1, -0.05) is 29.8 Å². The van der Waals surface area contributed by atoms with E-state index in [1.54, 1.807) is 59.5 Å². The second kappa shape index (κ2) is 9.45. The molecule has 31 heavy (non-hydrogen) atoms. The van der Waals surface area contributed by atoms with E-state index in [1.165, 1.54) is 11.3 Å². The standard InChI is InChI=1S/C24H21ClN2O3S/c25-18-7-5-16(6-8-18)22(28)20-3-1-2-4-21(20)24(30)27-12-9-19(10-13-27)26-23(29)17-11-14-31-15-17/h1-8,11,14-15,19H,9-10,12-13H2,(H,26,29). The van der Waals surface area contributed by atoms with E-state index in [2.05, 4.69) is 5.32 Å². The number of thiophene rings is 1. The number of carbonyl (C=O) groups excluding carboxylic acids is 3. The van der Waals surface area contributed by atoms with Gasteiger partial charge < -0.3 is 10.2 Å². The minimum Gasteiger partial charge on any atom is -0.349 e. The van der Waals surface area contributed by atoms with Crippen molar-refractivity contribution in [1.82, 2.24) is 10.2 Å². The van der Waals surface area contributed by atoms with Crippen molar-refractivity contribution >= 4 is 40.5 Å². The summed E-state index contributed by atoms with van der Waals surface area (Å²) in [6.45, 7) is 1.05. The lowest BCUT2D eigenvalue weighted by atomic mass is 9.96. The molecule has 2 heterocycles. The minimum absolute atomic E-state index is 0.0300. The fraction of sp³-hybridized carbons (Fsp3) is 0.208. The van der Waals surface area contributed by atoms with E-state index in [0.29, 0.717) is 53.2 Å². The van der Waals surface area contributed by atoms with Crippen LogP contribution in [0.15, 0.2) is 65.4 Å². The number of rotatable bonds is 5. The molecule has 2 amide bonds. The maximum Gasteiger partial charge on any atom is 0.254 e. The zero-order valence-electron chi connectivity index (χ0n) is 16.7. The Morgan fingerprint density at radius 3 is 2.23 bits per heavy atom. The van der Waals surface area contributed by atoms with E-state index in [1.807, 2.05) is 10.8 Å². The zero-order valence-corrected chi connectivity index (χ0v) is 18.3. The number of amides is 2. The Morgan fingerprint density at radius 2 is 1.58 bits per heavy atom. The number of hydrogen-bond acceptors (Lipinski definition) is 4. The van der Waals surface area contributed by atoms with Crippen molar-refractivity contribution in [3.63, 3.8) is 0 Å². The first-order valence-corrected chi connectivity index (χ1v) is 11.4. The van der Waals surface area contributed by atoms with Crippen molar-refractivity contribution in [2.45, 2.75) is 18.9 Å². The predicted octanol–water partition coefficient (Wildman–Crippen LogP) is 4.67. The summed E-state index contributed by atoms with van der Waals surface area (Å²) in [5.41, 5.74) is 1.92. The first-order chi connectivity index (χ1) is 15.0. The van der Waals surface area contributed by atoms with Gasteiger partial charge in [-0.2, -0.15) is 11.3 Å². The lowest BCUT2D eigenvalue weighted by molar-refractivity contribution is 0.0694. The molecule has 0 unspecified atom stereocenters. The zero-order chi connectivity index (χ0) is 21.8. The molecule has 1 aliphatic heterocycles. The molecule has 4 rings (SSSR count). The fourth-order valence-electron chi connectivity index (χ4n) is 3.68. The number of nitrogens with one attached hydrogen (secondary N) is 1. The van der Waals surface area contributed by atoms with Crippen molar-refractivity contribution in [1.29, 1.82) is 0 Å². The van der Waals surface area contributed by atoms with Crippen molar-refractivity contribution in [2.75, 3.05) is 13.1 Å². The van der Waals surface area contributed by atoms with Gasteiger partial charge in [0.2, 0.25) is 0 Å². The molecule has 0 saturated carbocycles. The molecule has 2 aromatic carbocycles. The summed E-state index contributed by atoms with van der Waals surface area (Å²) in [7, 11) is 0. The second-order valence-corrected chi connectivity index (χ2v) is 8.65. The van der Waals surface area contributed by atoms with Crippen LogP contribution >= 0.6 is 22.9 Å². The molecule has 5 nitrogen and oxygen atoms in total. The Bertz CT molecular complexity index is 1090. The Kier molecular flexibility index (Phi) is 6.49. The van der Waals surface area contributed by atoms with Crippen LogP contribution in [-0.2, 0) is 0 Å². The number of piperidine rings is 1. The SMILES string of the molecule is O=C(NC1CCN(C(=O)c2ccccc2C(=O)c2ccc(Cl)cc2)CC1)c1ccsc1. The van der Waals surface area contributed by atoms with E-state index in [4.69, 9.17) is 11.6 Å². The van der Waals surface area contributed by atoms with Crippen molar-refractivity contribution in [3.8, 4) is 0 Å². The molecule has 0 atom stereocenters. The van der Waals surface area contributed by atoms with Crippen molar-refractivity contribution in [3.05, 3.63) is 92.6 Å². The van der Waals surface area contributed by atoms with Gasteiger partial charge in [-0.05, 0) is 54.6 Å². The molecule has 0 radical (unpaired) electrons. The molecule has 158 valence electrons. The third kappa shape index (κ3) is 4.86. The second-order valence-electron chi connectivity index (χ2n) is 7.43. The third-order valence-electron chi connectivity index (χ3n) is 5.41. The smallest absolute Gasteiger partial charge is 0.254 e. The van der Waals surface area contributed by atoms with Crippen LogP contribution in [0.1, 0.15) is 49.5 Å². The van der Waals surface area contributed by atoms with Gasteiger partial charge in [-0.25, -0.2) is 0 Å². The van der Waals surface area contributed by atoms with E-state index in [-0.39, 0.29) is 23.6 Å². The summed E-state index contributed by atoms with van der Waals surface area (Å²) in [5.74, 6) is -0.455. The highest BCUT2D eigenvalue weighted by Gasteiger charge is 2.27. The fourth-order valence-corrected chi connectivity index (χ4v) is 4.45. The Hall–Kier alpha value is -2.96. The molecule has 0 aliphatic carbocycles. The maximum absolute atomic E-state index is 13.2. The number of likely N-dealkylation sites (tertiary alicyclic amines) is 1. The first-order valence-electron chi connectivity index (χ1n) is 10.0. The predicted molar refractivity (Wildman–Crippen MR) is 122 cm³/mol. The van der Waals surface area contributed by atoms with Crippen LogP contribution in [0.4, 0.5) is 0 Å². The van der Waals surface area contributed by atoms with Crippen molar-refractivity contribution in [2.24, 2.45) is 0 Å².